The Balaban J connectivity index is 2.59. The van der Waals surface area contributed by atoms with E-state index in [-0.39, 0.29) is 0 Å². The van der Waals surface area contributed by atoms with Gasteiger partial charge in [0.25, 0.3) is 0 Å². The topological polar surface area (TPSA) is 41.5 Å². The highest BCUT2D eigenvalue weighted by molar-refractivity contribution is 5.15. The highest BCUT2D eigenvalue weighted by Gasteiger charge is 2.26. The van der Waals surface area contributed by atoms with Crippen LogP contribution in [-0.4, -0.2) is 30.9 Å². The molecule has 3 heteroatoms. The van der Waals surface area contributed by atoms with Crippen LogP contribution in [0.5, 0.6) is 0 Å². The summed E-state index contributed by atoms with van der Waals surface area (Å²) in [6, 6.07) is 0. The molecule has 1 aliphatic heterocycles. The summed E-state index contributed by atoms with van der Waals surface area (Å²) in [4.78, 5) is 0. The zero-order valence-corrected chi connectivity index (χ0v) is 7.76. The first-order chi connectivity index (χ1) is 5.67. The first-order valence-electron chi connectivity index (χ1n) is 4.35. The lowest BCUT2D eigenvalue weighted by molar-refractivity contribution is 0.0816. The quantitative estimate of drug-likeness (QED) is 0.655. The minimum Gasteiger partial charge on any atom is -0.501 e. The summed E-state index contributed by atoms with van der Waals surface area (Å²) in [5, 5.41) is 12.9. The van der Waals surface area contributed by atoms with E-state index < -0.39 is 5.60 Å². The highest BCUT2D eigenvalue weighted by atomic mass is 16.5. The second-order valence-corrected chi connectivity index (χ2v) is 3.42. The minimum atomic E-state index is -0.755. The zero-order valence-electron chi connectivity index (χ0n) is 7.76. The molecular weight excluding hydrogens is 154 g/mol. The summed E-state index contributed by atoms with van der Waals surface area (Å²) in [7, 11) is 1.83. The molecule has 0 aromatic carbocycles. The molecule has 0 radical (unpaired) electrons. The standard InChI is InChI=1S/C9H17NO2/c1-9(11,7-10-2)8-4-3-5-12-6-8/h6,10-11H,3-5,7H2,1-2H3. The van der Waals surface area contributed by atoms with Crippen molar-refractivity contribution in [3.8, 4) is 0 Å². The summed E-state index contributed by atoms with van der Waals surface area (Å²) in [5.41, 5.74) is 0.234. The fourth-order valence-corrected chi connectivity index (χ4v) is 1.42. The van der Waals surface area contributed by atoms with E-state index in [0.29, 0.717) is 6.54 Å². The predicted molar refractivity (Wildman–Crippen MR) is 47.8 cm³/mol. The third-order valence-electron chi connectivity index (χ3n) is 2.15. The molecule has 1 rings (SSSR count). The molecule has 0 saturated carbocycles. The van der Waals surface area contributed by atoms with Gasteiger partial charge < -0.3 is 15.2 Å². The van der Waals surface area contributed by atoms with Crippen LogP contribution in [0.15, 0.2) is 11.8 Å². The fraction of sp³-hybridized carbons (Fsp3) is 0.778. The third kappa shape index (κ3) is 2.22. The maximum atomic E-state index is 9.93. The second-order valence-electron chi connectivity index (χ2n) is 3.42. The maximum absolute atomic E-state index is 9.93. The number of likely N-dealkylation sites (N-methyl/N-ethyl adjacent to an activating group) is 1. The van der Waals surface area contributed by atoms with Crippen molar-refractivity contribution in [3.05, 3.63) is 11.8 Å². The van der Waals surface area contributed by atoms with Crippen LogP contribution >= 0.6 is 0 Å². The predicted octanol–water partition coefficient (Wildman–Crippen LogP) is 0.651. The lowest BCUT2D eigenvalue weighted by Crippen LogP contribution is -2.38. The van der Waals surface area contributed by atoms with Crippen LogP contribution in [0.2, 0.25) is 0 Å². The van der Waals surface area contributed by atoms with Gasteiger partial charge in [0, 0.05) is 6.54 Å². The van der Waals surface area contributed by atoms with Gasteiger partial charge in [-0.05, 0) is 32.4 Å². The fourth-order valence-electron chi connectivity index (χ4n) is 1.42. The Labute approximate surface area is 73.4 Å². The lowest BCUT2D eigenvalue weighted by atomic mass is 9.92. The molecule has 1 heterocycles. The van der Waals surface area contributed by atoms with Crippen LogP contribution in [0, 0.1) is 0 Å². The number of nitrogens with one attached hydrogen (secondary N) is 1. The van der Waals surface area contributed by atoms with Crippen molar-refractivity contribution < 1.29 is 9.84 Å². The first-order valence-corrected chi connectivity index (χ1v) is 4.35. The maximum Gasteiger partial charge on any atom is 0.0984 e. The Morgan fingerprint density at radius 2 is 2.50 bits per heavy atom. The molecule has 2 N–H and O–H groups in total. The van der Waals surface area contributed by atoms with Crippen molar-refractivity contribution in [2.24, 2.45) is 0 Å². The largest absolute Gasteiger partial charge is 0.501 e. The van der Waals surface area contributed by atoms with Gasteiger partial charge in [0.1, 0.15) is 0 Å². The monoisotopic (exact) mass is 171 g/mol. The average Bonchev–Trinajstić information content (AvgIpc) is 2.06. The number of hydrogen-bond donors (Lipinski definition) is 2. The molecule has 0 spiro atoms. The van der Waals surface area contributed by atoms with E-state index in [0.717, 1.165) is 25.0 Å². The summed E-state index contributed by atoms with van der Waals surface area (Å²) in [6.07, 6.45) is 3.64. The summed E-state index contributed by atoms with van der Waals surface area (Å²) in [6.45, 7) is 3.16. The van der Waals surface area contributed by atoms with Crippen molar-refractivity contribution in [2.75, 3.05) is 20.2 Å². The second kappa shape index (κ2) is 3.92. The molecule has 1 aliphatic rings. The van der Waals surface area contributed by atoms with Gasteiger partial charge in [-0.3, -0.25) is 0 Å². The Bertz CT molecular complexity index is 175. The van der Waals surface area contributed by atoms with Crippen molar-refractivity contribution in [3.63, 3.8) is 0 Å². The number of ether oxygens (including phenoxy) is 1. The van der Waals surface area contributed by atoms with Gasteiger partial charge in [0.15, 0.2) is 0 Å². The molecule has 12 heavy (non-hydrogen) atoms. The SMILES string of the molecule is CNCC(C)(O)C1=COCCC1. The average molecular weight is 171 g/mol. The van der Waals surface area contributed by atoms with E-state index in [1.54, 1.807) is 6.26 Å². The molecule has 3 nitrogen and oxygen atoms in total. The third-order valence-corrected chi connectivity index (χ3v) is 2.15. The van der Waals surface area contributed by atoms with Gasteiger partial charge in [0.05, 0.1) is 18.5 Å². The molecule has 1 atom stereocenters. The molecule has 0 aromatic heterocycles. The van der Waals surface area contributed by atoms with Crippen LogP contribution in [0.1, 0.15) is 19.8 Å². The van der Waals surface area contributed by atoms with E-state index in [2.05, 4.69) is 5.32 Å². The Hall–Kier alpha value is -0.540. The molecule has 1 unspecified atom stereocenters. The van der Waals surface area contributed by atoms with E-state index in [1.807, 2.05) is 14.0 Å². The minimum absolute atomic E-state index is 0.572. The number of hydrogen-bond acceptors (Lipinski definition) is 3. The van der Waals surface area contributed by atoms with Crippen LogP contribution in [0.3, 0.4) is 0 Å². The first kappa shape index (κ1) is 9.55. The van der Waals surface area contributed by atoms with Gasteiger partial charge in [-0.2, -0.15) is 0 Å². The molecule has 0 fully saturated rings. The van der Waals surface area contributed by atoms with E-state index in [4.69, 9.17) is 4.74 Å². The van der Waals surface area contributed by atoms with E-state index >= 15 is 0 Å². The van der Waals surface area contributed by atoms with Gasteiger partial charge in [0.2, 0.25) is 0 Å². The molecule has 0 aromatic rings. The molecule has 0 saturated heterocycles. The van der Waals surface area contributed by atoms with Crippen LogP contribution < -0.4 is 5.32 Å². The number of aliphatic hydroxyl groups is 1. The van der Waals surface area contributed by atoms with Crippen LogP contribution in [0.4, 0.5) is 0 Å². The Morgan fingerprint density at radius 3 is 3.00 bits per heavy atom. The Kier molecular flexibility index (Phi) is 3.12. The van der Waals surface area contributed by atoms with Crippen molar-refractivity contribution >= 4 is 0 Å². The molecule has 0 aliphatic carbocycles. The van der Waals surface area contributed by atoms with Gasteiger partial charge in [-0.15, -0.1) is 0 Å². The highest BCUT2D eigenvalue weighted by Crippen LogP contribution is 2.23. The molecule has 70 valence electrons. The Morgan fingerprint density at radius 1 is 1.75 bits per heavy atom. The van der Waals surface area contributed by atoms with Crippen molar-refractivity contribution in [2.45, 2.75) is 25.4 Å². The molecule has 0 bridgehead atoms. The van der Waals surface area contributed by atoms with Gasteiger partial charge in [-0.25, -0.2) is 0 Å². The van der Waals surface area contributed by atoms with Crippen LogP contribution in [-0.2, 0) is 4.74 Å². The number of rotatable bonds is 3. The van der Waals surface area contributed by atoms with E-state index in [9.17, 15) is 5.11 Å². The lowest BCUT2D eigenvalue weighted by Gasteiger charge is -2.28. The smallest absolute Gasteiger partial charge is 0.0984 e. The van der Waals surface area contributed by atoms with E-state index in [1.165, 1.54) is 0 Å². The zero-order chi connectivity index (χ0) is 9.03. The van der Waals surface area contributed by atoms with Crippen molar-refractivity contribution in [1.82, 2.24) is 5.32 Å². The molecule has 0 amide bonds. The summed E-state index contributed by atoms with van der Waals surface area (Å²) >= 11 is 0. The summed E-state index contributed by atoms with van der Waals surface area (Å²) < 4.78 is 5.16. The normalized spacial score (nSPS) is 22.4. The van der Waals surface area contributed by atoms with Gasteiger partial charge >= 0.3 is 0 Å². The van der Waals surface area contributed by atoms with Crippen molar-refractivity contribution in [1.29, 1.82) is 0 Å². The van der Waals surface area contributed by atoms with Gasteiger partial charge in [-0.1, -0.05) is 0 Å². The van der Waals surface area contributed by atoms with Crippen LogP contribution in [0.25, 0.3) is 0 Å². The molecular formula is C9H17NO2. The summed E-state index contributed by atoms with van der Waals surface area (Å²) in [5.74, 6) is 0.